The molecule has 6 heteroatoms. The van der Waals surface area contributed by atoms with E-state index in [2.05, 4.69) is 24.1 Å². The lowest BCUT2D eigenvalue weighted by Crippen LogP contribution is -2.25. The number of aromatic nitrogens is 2. The lowest BCUT2D eigenvalue weighted by Gasteiger charge is -2.11. The number of carboxylic acid groups (broad SMARTS) is 1. The van der Waals surface area contributed by atoms with E-state index < -0.39 is 5.97 Å². The Morgan fingerprint density at radius 3 is 2.73 bits per heavy atom. The van der Waals surface area contributed by atoms with E-state index in [1.54, 1.807) is 18.3 Å². The first-order valence-electron chi connectivity index (χ1n) is 7.09. The molecule has 0 aliphatic carbocycles. The zero-order chi connectivity index (χ0) is 16.1. The number of amides is 1. The first-order valence-corrected chi connectivity index (χ1v) is 7.09. The summed E-state index contributed by atoms with van der Waals surface area (Å²) in [6, 6.07) is 5.95. The number of imidazole rings is 1. The second-order valence-electron chi connectivity index (χ2n) is 5.46. The molecule has 0 saturated carbocycles. The van der Waals surface area contributed by atoms with Crippen molar-refractivity contribution in [3.63, 3.8) is 0 Å². The van der Waals surface area contributed by atoms with Gasteiger partial charge in [0.15, 0.2) is 0 Å². The molecule has 2 N–H and O–H groups in total. The molecule has 0 aliphatic rings. The predicted octanol–water partition coefficient (Wildman–Crippen LogP) is 2.17. The second kappa shape index (κ2) is 6.89. The van der Waals surface area contributed by atoms with Crippen molar-refractivity contribution in [2.24, 2.45) is 5.92 Å². The SMILES string of the molecule is CC(C)Cn1ccnc1CNC(=O)c1cccc(C(=O)O)c1. The molecule has 116 valence electrons. The minimum atomic E-state index is -1.05. The molecule has 0 atom stereocenters. The molecule has 0 unspecified atom stereocenters. The maximum atomic E-state index is 12.1. The van der Waals surface area contributed by atoms with Crippen LogP contribution < -0.4 is 5.32 Å². The zero-order valence-electron chi connectivity index (χ0n) is 12.6. The lowest BCUT2D eigenvalue weighted by atomic mass is 10.1. The van der Waals surface area contributed by atoms with Crippen molar-refractivity contribution in [3.8, 4) is 0 Å². The first kappa shape index (κ1) is 15.8. The number of hydrogen-bond donors (Lipinski definition) is 2. The maximum Gasteiger partial charge on any atom is 0.335 e. The van der Waals surface area contributed by atoms with Crippen LogP contribution in [-0.4, -0.2) is 26.5 Å². The smallest absolute Gasteiger partial charge is 0.335 e. The van der Waals surface area contributed by atoms with Crippen molar-refractivity contribution >= 4 is 11.9 Å². The van der Waals surface area contributed by atoms with Gasteiger partial charge in [0.25, 0.3) is 5.91 Å². The number of benzene rings is 1. The number of rotatable bonds is 6. The van der Waals surface area contributed by atoms with Crippen LogP contribution in [0.3, 0.4) is 0 Å². The third-order valence-corrected chi connectivity index (χ3v) is 3.14. The highest BCUT2D eigenvalue weighted by atomic mass is 16.4. The normalized spacial score (nSPS) is 10.7. The molecule has 0 fully saturated rings. The minimum Gasteiger partial charge on any atom is -0.478 e. The van der Waals surface area contributed by atoms with Gasteiger partial charge >= 0.3 is 5.97 Å². The van der Waals surface area contributed by atoms with E-state index in [9.17, 15) is 9.59 Å². The predicted molar refractivity (Wildman–Crippen MR) is 81.6 cm³/mol. The molecule has 1 amide bonds. The van der Waals surface area contributed by atoms with Crippen LogP contribution in [0.25, 0.3) is 0 Å². The summed E-state index contributed by atoms with van der Waals surface area (Å²) in [5.74, 6) is -0.114. The lowest BCUT2D eigenvalue weighted by molar-refractivity contribution is 0.0697. The van der Waals surface area contributed by atoms with E-state index >= 15 is 0 Å². The Morgan fingerprint density at radius 1 is 1.32 bits per heavy atom. The van der Waals surface area contributed by atoms with E-state index in [1.165, 1.54) is 12.1 Å². The molecule has 0 saturated heterocycles. The Kier molecular flexibility index (Phi) is 4.93. The van der Waals surface area contributed by atoms with Crippen LogP contribution in [0, 0.1) is 5.92 Å². The summed E-state index contributed by atoms with van der Waals surface area (Å²) in [7, 11) is 0. The fourth-order valence-electron chi connectivity index (χ4n) is 2.12. The molecule has 0 aliphatic heterocycles. The largest absolute Gasteiger partial charge is 0.478 e. The molecular formula is C16H19N3O3. The van der Waals surface area contributed by atoms with Gasteiger partial charge in [0, 0.05) is 24.5 Å². The molecule has 2 rings (SSSR count). The van der Waals surface area contributed by atoms with Gasteiger partial charge in [-0.2, -0.15) is 0 Å². The number of hydrogen-bond acceptors (Lipinski definition) is 3. The Labute approximate surface area is 128 Å². The van der Waals surface area contributed by atoms with Gasteiger partial charge in [-0.15, -0.1) is 0 Å². The Balaban J connectivity index is 2.03. The highest BCUT2D eigenvalue weighted by Crippen LogP contribution is 2.07. The van der Waals surface area contributed by atoms with Crippen molar-refractivity contribution < 1.29 is 14.7 Å². The summed E-state index contributed by atoms with van der Waals surface area (Å²) in [6.07, 6.45) is 3.58. The summed E-state index contributed by atoms with van der Waals surface area (Å²) in [4.78, 5) is 27.3. The molecular weight excluding hydrogens is 282 g/mol. The van der Waals surface area contributed by atoms with Gasteiger partial charge in [-0.25, -0.2) is 9.78 Å². The molecule has 22 heavy (non-hydrogen) atoms. The highest BCUT2D eigenvalue weighted by Gasteiger charge is 2.11. The number of carbonyl (C=O) groups is 2. The summed E-state index contributed by atoms with van der Waals surface area (Å²) in [6.45, 7) is 5.36. The molecule has 2 aromatic rings. The zero-order valence-corrected chi connectivity index (χ0v) is 12.6. The maximum absolute atomic E-state index is 12.1. The second-order valence-corrected chi connectivity index (χ2v) is 5.46. The number of carbonyl (C=O) groups excluding carboxylic acids is 1. The number of nitrogens with zero attached hydrogens (tertiary/aromatic N) is 2. The fraction of sp³-hybridized carbons (Fsp3) is 0.312. The molecule has 0 spiro atoms. The Hall–Kier alpha value is -2.63. The number of aromatic carboxylic acids is 1. The van der Waals surface area contributed by atoms with Crippen LogP contribution >= 0.6 is 0 Å². The highest BCUT2D eigenvalue weighted by molar-refractivity contribution is 5.97. The summed E-state index contributed by atoms with van der Waals surface area (Å²) in [5, 5.41) is 11.7. The van der Waals surface area contributed by atoms with Gasteiger partial charge < -0.3 is 15.0 Å². The van der Waals surface area contributed by atoms with Gasteiger partial charge in [0.2, 0.25) is 0 Å². The third-order valence-electron chi connectivity index (χ3n) is 3.14. The van der Waals surface area contributed by atoms with E-state index in [0.29, 0.717) is 18.0 Å². The molecule has 1 aromatic carbocycles. The van der Waals surface area contributed by atoms with Crippen molar-refractivity contribution in [3.05, 3.63) is 53.6 Å². The average molecular weight is 301 g/mol. The van der Waals surface area contributed by atoms with E-state index in [4.69, 9.17) is 5.11 Å². The van der Waals surface area contributed by atoms with E-state index in [0.717, 1.165) is 12.4 Å². The standard InChI is InChI=1S/C16H19N3O3/c1-11(2)10-19-7-6-17-14(19)9-18-15(20)12-4-3-5-13(8-12)16(21)22/h3-8,11H,9-10H2,1-2H3,(H,18,20)(H,21,22). The van der Waals surface area contributed by atoms with Gasteiger partial charge in [-0.1, -0.05) is 19.9 Å². The van der Waals surface area contributed by atoms with Crippen LogP contribution in [0.15, 0.2) is 36.7 Å². The first-order chi connectivity index (χ1) is 10.5. The van der Waals surface area contributed by atoms with Gasteiger partial charge in [0.05, 0.1) is 12.1 Å². The quantitative estimate of drug-likeness (QED) is 0.856. The monoisotopic (exact) mass is 301 g/mol. The van der Waals surface area contributed by atoms with Gasteiger partial charge in [0.1, 0.15) is 5.82 Å². The topological polar surface area (TPSA) is 84.2 Å². The van der Waals surface area contributed by atoms with Crippen molar-refractivity contribution in [2.75, 3.05) is 0 Å². The van der Waals surface area contributed by atoms with Crippen LogP contribution in [0.5, 0.6) is 0 Å². The number of carboxylic acids is 1. The van der Waals surface area contributed by atoms with Crippen molar-refractivity contribution in [2.45, 2.75) is 26.9 Å². The summed E-state index contributed by atoms with van der Waals surface area (Å²) >= 11 is 0. The van der Waals surface area contributed by atoms with Crippen LogP contribution in [-0.2, 0) is 13.1 Å². The fourth-order valence-corrected chi connectivity index (χ4v) is 2.12. The molecule has 6 nitrogen and oxygen atoms in total. The third kappa shape index (κ3) is 3.94. The van der Waals surface area contributed by atoms with Gasteiger partial charge in [-0.3, -0.25) is 4.79 Å². The van der Waals surface area contributed by atoms with Crippen LogP contribution in [0.1, 0.15) is 40.4 Å². The molecule has 1 aromatic heterocycles. The average Bonchev–Trinajstić information content (AvgIpc) is 2.91. The van der Waals surface area contributed by atoms with Gasteiger partial charge in [-0.05, 0) is 24.1 Å². The van der Waals surface area contributed by atoms with Crippen molar-refractivity contribution in [1.29, 1.82) is 0 Å². The van der Waals surface area contributed by atoms with Crippen molar-refractivity contribution in [1.82, 2.24) is 14.9 Å². The Bertz CT molecular complexity index is 677. The van der Waals surface area contributed by atoms with Crippen LogP contribution in [0.4, 0.5) is 0 Å². The molecule has 0 bridgehead atoms. The Morgan fingerprint density at radius 2 is 2.05 bits per heavy atom. The molecule has 0 radical (unpaired) electrons. The molecule has 1 heterocycles. The summed E-state index contributed by atoms with van der Waals surface area (Å²) in [5.41, 5.74) is 0.413. The number of nitrogens with one attached hydrogen (secondary N) is 1. The summed E-state index contributed by atoms with van der Waals surface area (Å²) < 4.78 is 2.00. The van der Waals surface area contributed by atoms with Crippen LogP contribution in [0.2, 0.25) is 0 Å². The minimum absolute atomic E-state index is 0.0916. The van der Waals surface area contributed by atoms with E-state index in [-0.39, 0.29) is 11.5 Å². The van der Waals surface area contributed by atoms with E-state index in [1.807, 2.05) is 10.8 Å².